The molecule has 0 bridgehead atoms. The third-order valence-corrected chi connectivity index (χ3v) is 2.74. The molecule has 19 heavy (non-hydrogen) atoms. The molecule has 4 N–H and O–H groups in total. The van der Waals surface area contributed by atoms with E-state index in [4.69, 9.17) is 15.7 Å². The molecule has 7 heteroatoms. The van der Waals surface area contributed by atoms with E-state index in [1.165, 1.54) is 19.5 Å². The van der Waals surface area contributed by atoms with Gasteiger partial charge in [0.15, 0.2) is 0 Å². The van der Waals surface area contributed by atoms with Gasteiger partial charge in [-0.1, -0.05) is 19.0 Å². The van der Waals surface area contributed by atoms with Gasteiger partial charge in [0.25, 0.3) is 5.91 Å². The van der Waals surface area contributed by atoms with Crippen molar-refractivity contribution in [3.05, 3.63) is 24.0 Å². The molecule has 0 aliphatic heterocycles. The van der Waals surface area contributed by atoms with Crippen LogP contribution in [0.3, 0.4) is 0 Å². The first kappa shape index (κ1) is 14.7. The highest BCUT2D eigenvalue weighted by Crippen LogP contribution is 2.17. The lowest BCUT2D eigenvalue weighted by Crippen LogP contribution is -2.42. The minimum atomic E-state index is -0.648. The molecule has 0 spiro atoms. The highest BCUT2D eigenvalue weighted by atomic mass is 16.5. The van der Waals surface area contributed by atoms with Crippen LogP contribution in [0.5, 0.6) is 5.75 Å². The number of amidine groups is 1. The quantitative estimate of drug-likeness (QED) is 0.313. The van der Waals surface area contributed by atoms with Gasteiger partial charge in [0.05, 0.1) is 18.9 Å². The number of carbonyl (C=O) groups is 1. The molecule has 0 radical (unpaired) electrons. The van der Waals surface area contributed by atoms with Gasteiger partial charge in [-0.25, -0.2) is 0 Å². The Morgan fingerprint density at radius 2 is 2.32 bits per heavy atom. The first-order valence-corrected chi connectivity index (χ1v) is 5.66. The first-order valence-electron chi connectivity index (χ1n) is 5.66. The molecule has 0 fully saturated rings. The number of pyridine rings is 1. The minimum absolute atomic E-state index is 0.0505. The number of amides is 1. The lowest BCUT2D eigenvalue weighted by atomic mass is 9.92. The predicted molar refractivity (Wildman–Crippen MR) is 70.3 cm³/mol. The Morgan fingerprint density at radius 1 is 1.63 bits per heavy atom. The Labute approximate surface area is 111 Å². The zero-order valence-corrected chi connectivity index (χ0v) is 11.2. The number of nitrogens with zero attached hydrogens (tertiary/aromatic N) is 2. The highest BCUT2D eigenvalue weighted by molar-refractivity contribution is 5.97. The van der Waals surface area contributed by atoms with Crippen molar-refractivity contribution in [3.8, 4) is 5.75 Å². The summed E-state index contributed by atoms with van der Waals surface area (Å²) in [4.78, 5) is 15.9. The fourth-order valence-electron chi connectivity index (χ4n) is 1.35. The Morgan fingerprint density at radius 3 is 2.89 bits per heavy atom. The van der Waals surface area contributed by atoms with Gasteiger partial charge in [-0.05, 0) is 6.07 Å². The maximum Gasteiger partial charge on any atom is 0.255 e. The fraction of sp³-hybridized carbons (Fsp3) is 0.417. The number of aromatic nitrogens is 1. The zero-order chi connectivity index (χ0) is 14.5. The molecule has 0 unspecified atom stereocenters. The average molecular weight is 266 g/mol. The van der Waals surface area contributed by atoms with Crippen LogP contribution in [-0.4, -0.2) is 35.6 Å². The zero-order valence-electron chi connectivity index (χ0n) is 11.2. The van der Waals surface area contributed by atoms with Crippen molar-refractivity contribution in [1.29, 1.82) is 0 Å². The van der Waals surface area contributed by atoms with Crippen LogP contribution in [0.2, 0.25) is 0 Å². The van der Waals surface area contributed by atoms with Crippen molar-refractivity contribution in [2.75, 3.05) is 13.7 Å². The topological polar surface area (TPSA) is 110 Å². The van der Waals surface area contributed by atoms with Gasteiger partial charge in [0, 0.05) is 18.2 Å². The molecule has 1 heterocycles. The summed E-state index contributed by atoms with van der Waals surface area (Å²) < 4.78 is 5.06. The molecule has 1 aromatic rings. The summed E-state index contributed by atoms with van der Waals surface area (Å²) in [5.41, 5.74) is 5.28. The van der Waals surface area contributed by atoms with Gasteiger partial charge in [0.1, 0.15) is 11.6 Å². The number of ether oxygens (including phenoxy) is 1. The van der Waals surface area contributed by atoms with E-state index in [1.54, 1.807) is 19.9 Å². The molecule has 0 atom stereocenters. The number of hydrogen-bond acceptors (Lipinski definition) is 5. The molecule has 0 aliphatic rings. The number of nitrogens with two attached hydrogens (primary N) is 1. The second-order valence-corrected chi connectivity index (χ2v) is 4.63. The molecule has 0 saturated heterocycles. The van der Waals surface area contributed by atoms with Gasteiger partial charge < -0.3 is 21.0 Å². The lowest BCUT2D eigenvalue weighted by molar-refractivity contribution is 0.0941. The second kappa shape index (κ2) is 6.03. The number of carbonyl (C=O) groups excluding carboxylic acids is 1. The van der Waals surface area contributed by atoms with Gasteiger partial charge >= 0.3 is 0 Å². The van der Waals surface area contributed by atoms with Crippen molar-refractivity contribution in [3.63, 3.8) is 0 Å². The summed E-state index contributed by atoms with van der Waals surface area (Å²) in [6.45, 7) is 3.74. The molecule has 0 saturated carbocycles. The van der Waals surface area contributed by atoms with E-state index in [1.807, 2.05) is 0 Å². The molecule has 104 valence electrons. The van der Waals surface area contributed by atoms with Gasteiger partial charge in [-0.3, -0.25) is 9.78 Å². The van der Waals surface area contributed by atoms with Crippen LogP contribution in [0.4, 0.5) is 0 Å². The summed E-state index contributed by atoms with van der Waals surface area (Å²) in [6.07, 6.45) is 2.97. The standard InChI is InChI=1S/C12H18N4O3/c1-12(2,11(13)16-18)7-15-10(17)8-4-5-14-6-9(8)19-3/h4-6,18H,7H2,1-3H3,(H2,13,16)(H,15,17). The van der Waals surface area contributed by atoms with Gasteiger partial charge in [0.2, 0.25) is 0 Å². The maximum atomic E-state index is 12.0. The van der Waals surface area contributed by atoms with Crippen LogP contribution in [0.15, 0.2) is 23.6 Å². The highest BCUT2D eigenvalue weighted by Gasteiger charge is 2.25. The van der Waals surface area contributed by atoms with Crippen LogP contribution < -0.4 is 15.8 Å². The van der Waals surface area contributed by atoms with E-state index >= 15 is 0 Å². The number of hydrogen-bond donors (Lipinski definition) is 3. The van der Waals surface area contributed by atoms with E-state index in [0.29, 0.717) is 11.3 Å². The predicted octanol–water partition coefficient (Wildman–Crippen LogP) is 0.593. The number of methoxy groups -OCH3 is 1. The van der Waals surface area contributed by atoms with Gasteiger partial charge in [-0.2, -0.15) is 0 Å². The number of nitrogens with one attached hydrogen (secondary N) is 1. The van der Waals surface area contributed by atoms with Crippen LogP contribution >= 0.6 is 0 Å². The molecule has 1 aromatic heterocycles. The Hall–Kier alpha value is -2.31. The smallest absolute Gasteiger partial charge is 0.255 e. The van der Waals surface area contributed by atoms with Crippen LogP contribution in [0.25, 0.3) is 0 Å². The molecule has 1 amide bonds. The summed E-state index contributed by atoms with van der Waals surface area (Å²) in [5, 5.41) is 14.3. The van der Waals surface area contributed by atoms with E-state index in [2.05, 4.69) is 15.5 Å². The Kier molecular flexibility index (Phi) is 4.68. The summed E-state index contributed by atoms with van der Waals surface area (Å²) in [7, 11) is 1.47. The third kappa shape index (κ3) is 3.57. The van der Waals surface area contributed by atoms with E-state index in [9.17, 15) is 4.79 Å². The van der Waals surface area contributed by atoms with Crippen molar-refractivity contribution in [2.24, 2.45) is 16.3 Å². The summed E-state index contributed by atoms with van der Waals surface area (Å²) in [5.74, 6) is 0.133. The van der Waals surface area contributed by atoms with Crippen molar-refractivity contribution >= 4 is 11.7 Å². The summed E-state index contributed by atoms with van der Waals surface area (Å²) >= 11 is 0. The molecular formula is C12H18N4O3. The fourth-order valence-corrected chi connectivity index (χ4v) is 1.35. The van der Waals surface area contributed by atoms with Crippen molar-refractivity contribution in [2.45, 2.75) is 13.8 Å². The van der Waals surface area contributed by atoms with Crippen LogP contribution in [0.1, 0.15) is 24.2 Å². The second-order valence-electron chi connectivity index (χ2n) is 4.63. The molecule has 1 rings (SSSR count). The number of oxime groups is 1. The van der Waals surface area contributed by atoms with Crippen LogP contribution in [0, 0.1) is 5.41 Å². The minimum Gasteiger partial charge on any atom is -0.494 e. The molecule has 7 nitrogen and oxygen atoms in total. The van der Waals surface area contributed by atoms with Crippen molar-refractivity contribution < 1.29 is 14.7 Å². The van der Waals surface area contributed by atoms with Crippen LogP contribution in [-0.2, 0) is 0 Å². The first-order chi connectivity index (χ1) is 8.92. The molecule has 0 aliphatic carbocycles. The normalized spacial score (nSPS) is 12.1. The average Bonchev–Trinajstić information content (AvgIpc) is 2.43. The monoisotopic (exact) mass is 266 g/mol. The number of rotatable bonds is 5. The third-order valence-electron chi connectivity index (χ3n) is 2.74. The molecule has 0 aromatic carbocycles. The largest absolute Gasteiger partial charge is 0.494 e. The SMILES string of the molecule is COc1cnccc1C(=O)NCC(C)(C)/C(N)=N/O. The van der Waals surface area contributed by atoms with E-state index in [0.717, 1.165) is 0 Å². The van der Waals surface area contributed by atoms with Gasteiger partial charge in [-0.15, -0.1) is 0 Å². The summed E-state index contributed by atoms with van der Waals surface area (Å²) in [6, 6.07) is 1.56. The Balaban J connectivity index is 2.76. The Bertz CT molecular complexity index is 486. The molecular weight excluding hydrogens is 248 g/mol. The maximum absolute atomic E-state index is 12.0. The van der Waals surface area contributed by atoms with E-state index in [-0.39, 0.29) is 18.3 Å². The van der Waals surface area contributed by atoms with Crippen molar-refractivity contribution in [1.82, 2.24) is 10.3 Å². The van der Waals surface area contributed by atoms with E-state index < -0.39 is 5.41 Å². The lowest BCUT2D eigenvalue weighted by Gasteiger charge is -2.23.